The molecule has 0 fully saturated rings. The molecule has 1 aromatic heterocycles. The molecule has 2 heterocycles. The number of carbonyl (C=O) groups is 2. The number of ether oxygens (including phenoxy) is 1. The third-order valence-corrected chi connectivity index (χ3v) is 7.14. The fourth-order valence-electron chi connectivity index (χ4n) is 4.07. The molecular formula is C25H34N2O3S. The van der Waals surface area contributed by atoms with E-state index in [4.69, 9.17) is 4.74 Å². The van der Waals surface area contributed by atoms with Gasteiger partial charge in [0.1, 0.15) is 12.4 Å². The average Bonchev–Trinajstić information content (AvgIpc) is 3.21. The maximum absolute atomic E-state index is 13.3. The maximum atomic E-state index is 13.3. The molecule has 2 aromatic rings. The second-order valence-electron chi connectivity index (χ2n) is 8.64. The van der Waals surface area contributed by atoms with E-state index in [2.05, 4.69) is 38.3 Å². The molecule has 3 rings (SSSR count). The molecule has 0 N–H and O–H groups in total. The molecule has 0 unspecified atom stereocenters. The molecule has 31 heavy (non-hydrogen) atoms. The molecule has 168 valence electrons. The Morgan fingerprint density at radius 1 is 1.29 bits per heavy atom. The molecule has 5 nitrogen and oxygen atoms in total. The van der Waals surface area contributed by atoms with Crippen molar-refractivity contribution in [1.29, 1.82) is 0 Å². The number of thiophene rings is 1. The molecule has 1 aromatic carbocycles. The third-order valence-electron chi connectivity index (χ3n) is 6.14. The van der Waals surface area contributed by atoms with Gasteiger partial charge in [-0.25, -0.2) is 0 Å². The van der Waals surface area contributed by atoms with Crippen molar-refractivity contribution in [2.24, 2.45) is 5.92 Å². The lowest BCUT2D eigenvalue weighted by Crippen LogP contribution is -2.48. The maximum Gasteiger partial charge on any atom is 0.242 e. The third kappa shape index (κ3) is 5.67. The molecule has 2 atom stereocenters. The van der Waals surface area contributed by atoms with Crippen molar-refractivity contribution in [2.45, 2.75) is 53.5 Å². The van der Waals surface area contributed by atoms with Gasteiger partial charge in [-0.15, -0.1) is 11.3 Å². The van der Waals surface area contributed by atoms with Crippen molar-refractivity contribution in [3.63, 3.8) is 0 Å². The topological polar surface area (TPSA) is 49.9 Å². The number of hydrogen-bond donors (Lipinski definition) is 0. The summed E-state index contributed by atoms with van der Waals surface area (Å²) in [4.78, 5) is 30.4. The Morgan fingerprint density at radius 3 is 2.74 bits per heavy atom. The first-order chi connectivity index (χ1) is 14.8. The monoisotopic (exact) mass is 442 g/mol. The quantitative estimate of drug-likeness (QED) is 0.592. The number of rotatable bonds is 8. The highest BCUT2D eigenvalue weighted by atomic mass is 32.1. The molecule has 0 radical (unpaired) electrons. The van der Waals surface area contributed by atoms with E-state index >= 15 is 0 Å². The summed E-state index contributed by atoms with van der Waals surface area (Å²) in [5, 5.41) is 2.09. The van der Waals surface area contributed by atoms with Crippen LogP contribution in [0.2, 0.25) is 0 Å². The Bertz CT molecular complexity index is 923. The molecule has 0 aliphatic carbocycles. The van der Waals surface area contributed by atoms with Crippen molar-refractivity contribution >= 4 is 23.2 Å². The van der Waals surface area contributed by atoms with Gasteiger partial charge in [0, 0.05) is 24.9 Å². The summed E-state index contributed by atoms with van der Waals surface area (Å²) >= 11 is 1.74. The zero-order chi connectivity index (χ0) is 22.5. The summed E-state index contributed by atoms with van der Waals surface area (Å²) in [5.74, 6) is 1.15. The summed E-state index contributed by atoms with van der Waals surface area (Å²) < 4.78 is 6.20. The van der Waals surface area contributed by atoms with Crippen LogP contribution in [-0.2, 0) is 16.0 Å². The van der Waals surface area contributed by atoms with Gasteiger partial charge in [-0.3, -0.25) is 9.59 Å². The van der Waals surface area contributed by atoms with Gasteiger partial charge < -0.3 is 14.5 Å². The Hall–Kier alpha value is -2.34. The highest BCUT2D eigenvalue weighted by Gasteiger charge is 2.33. The fourth-order valence-corrected chi connectivity index (χ4v) is 5.00. The summed E-state index contributed by atoms with van der Waals surface area (Å²) in [5.41, 5.74) is 3.46. The van der Waals surface area contributed by atoms with Crippen molar-refractivity contribution in [2.75, 3.05) is 26.2 Å². The molecule has 0 saturated heterocycles. The van der Waals surface area contributed by atoms with Gasteiger partial charge in [-0.1, -0.05) is 38.0 Å². The van der Waals surface area contributed by atoms with Crippen LogP contribution < -0.4 is 4.74 Å². The Morgan fingerprint density at radius 2 is 2.06 bits per heavy atom. The summed E-state index contributed by atoms with van der Waals surface area (Å²) in [6.07, 6.45) is 1.83. The van der Waals surface area contributed by atoms with Crippen LogP contribution in [0, 0.1) is 19.8 Å². The van der Waals surface area contributed by atoms with Crippen LogP contribution in [-0.4, -0.2) is 47.9 Å². The Balaban J connectivity index is 1.77. The number of fused-ring (bicyclic) bond motifs is 1. The largest absolute Gasteiger partial charge is 0.491 e. The molecule has 0 bridgehead atoms. The van der Waals surface area contributed by atoms with Crippen LogP contribution in [0.1, 0.15) is 54.8 Å². The zero-order valence-electron chi connectivity index (χ0n) is 19.3. The van der Waals surface area contributed by atoms with Crippen LogP contribution in [0.15, 0.2) is 29.6 Å². The lowest BCUT2D eigenvalue weighted by atomic mass is 10.00. The zero-order valence-corrected chi connectivity index (χ0v) is 20.1. The molecule has 2 amide bonds. The number of benzene rings is 1. The van der Waals surface area contributed by atoms with Crippen molar-refractivity contribution < 1.29 is 14.3 Å². The minimum Gasteiger partial charge on any atom is -0.491 e. The molecule has 0 saturated carbocycles. The van der Waals surface area contributed by atoms with E-state index in [1.165, 1.54) is 16.0 Å². The lowest BCUT2D eigenvalue weighted by molar-refractivity contribution is -0.142. The van der Waals surface area contributed by atoms with Crippen molar-refractivity contribution in [3.8, 4) is 5.75 Å². The second kappa shape index (κ2) is 10.3. The number of carbonyl (C=O) groups excluding carboxylic acids is 2. The van der Waals surface area contributed by atoms with Gasteiger partial charge >= 0.3 is 0 Å². The normalized spacial score (nSPS) is 16.5. The smallest absolute Gasteiger partial charge is 0.242 e. The van der Waals surface area contributed by atoms with Gasteiger partial charge in [0.05, 0.1) is 12.6 Å². The molecular weight excluding hydrogens is 408 g/mol. The number of hydrogen-bond acceptors (Lipinski definition) is 4. The van der Waals surface area contributed by atoms with Crippen LogP contribution in [0.5, 0.6) is 5.75 Å². The predicted molar refractivity (Wildman–Crippen MR) is 126 cm³/mol. The highest BCUT2D eigenvalue weighted by Crippen LogP contribution is 2.34. The second-order valence-corrected chi connectivity index (χ2v) is 9.65. The SMILES string of the molecule is CC[C@@H](C)CN(CC(=O)N1CCc2sccc2[C@H]1COc1ccc(C)cc1C)C(C)=O. The van der Waals surface area contributed by atoms with E-state index in [0.29, 0.717) is 25.6 Å². The predicted octanol–water partition coefficient (Wildman–Crippen LogP) is 4.76. The van der Waals surface area contributed by atoms with Crippen molar-refractivity contribution in [3.05, 3.63) is 51.2 Å². The molecule has 6 heteroatoms. The molecule has 0 spiro atoms. The number of amides is 2. The van der Waals surface area contributed by atoms with E-state index in [-0.39, 0.29) is 24.4 Å². The van der Waals surface area contributed by atoms with E-state index in [1.54, 1.807) is 23.2 Å². The van der Waals surface area contributed by atoms with E-state index in [0.717, 1.165) is 24.2 Å². The molecule has 1 aliphatic rings. The van der Waals surface area contributed by atoms with Gasteiger partial charge in [0.25, 0.3) is 0 Å². The number of nitrogens with zero attached hydrogens (tertiary/aromatic N) is 2. The van der Waals surface area contributed by atoms with E-state index in [9.17, 15) is 9.59 Å². The van der Waals surface area contributed by atoms with Crippen LogP contribution in [0.4, 0.5) is 0 Å². The first-order valence-electron chi connectivity index (χ1n) is 11.1. The van der Waals surface area contributed by atoms with Gasteiger partial charge in [-0.2, -0.15) is 0 Å². The fraction of sp³-hybridized carbons (Fsp3) is 0.520. The van der Waals surface area contributed by atoms with E-state index < -0.39 is 0 Å². The average molecular weight is 443 g/mol. The van der Waals surface area contributed by atoms with Crippen molar-refractivity contribution in [1.82, 2.24) is 9.80 Å². The minimum absolute atomic E-state index is 0.00965. The molecule has 1 aliphatic heterocycles. The lowest BCUT2D eigenvalue weighted by Gasteiger charge is -2.37. The van der Waals surface area contributed by atoms with Crippen LogP contribution in [0.3, 0.4) is 0 Å². The number of aryl methyl sites for hydroxylation is 2. The summed E-state index contributed by atoms with van der Waals surface area (Å²) in [7, 11) is 0. The Kier molecular flexibility index (Phi) is 7.76. The first-order valence-corrected chi connectivity index (χ1v) is 12.0. The van der Waals surface area contributed by atoms with Gasteiger partial charge in [0.15, 0.2) is 0 Å². The standard InChI is InChI=1S/C25H34N2O3S/c1-6-17(2)14-26(20(5)28)15-25(29)27-11-9-24-21(10-12-31-24)22(27)16-30-23-8-7-18(3)13-19(23)4/h7-8,10,12-13,17,22H,6,9,11,14-16H2,1-5H3/t17-,22-/m1/s1. The van der Waals surface area contributed by atoms with Gasteiger partial charge in [-0.05, 0) is 54.8 Å². The summed E-state index contributed by atoms with van der Waals surface area (Å²) in [6.45, 7) is 11.7. The van der Waals surface area contributed by atoms with Crippen LogP contribution >= 0.6 is 11.3 Å². The van der Waals surface area contributed by atoms with E-state index in [1.807, 2.05) is 24.0 Å². The first kappa shape index (κ1) is 23.3. The highest BCUT2D eigenvalue weighted by molar-refractivity contribution is 7.10. The minimum atomic E-state index is -0.138. The van der Waals surface area contributed by atoms with Gasteiger partial charge in [0.2, 0.25) is 11.8 Å². The van der Waals surface area contributed by atoms with Crippen LogP contribution in [0.25, 0.3) is 0 Å². The summed E-state index contributed by atoms with van der Waals surface area (Å²) in [6, 6.07) is 8.12. The Labute approximate surface area is 190 Å².